The highest BCUT2D eigenvalue weighted by Gasteiger charge is 2.16. The highest BCUT2D eigenvalue weighted by Crippen LogP contribution is 2.21. The topological polar surface area (TPSA) is 58.6 Å². The van der Waals surface area contributed by atoms with E-state index in [1.54, 1.807) is 36.3 Å². The second kappa shape index (κ2) is 8.87. The van der Waals surface area contributed by atoms with Crippen molar-refractivity contribution in [3.05, 3.63) is 54.1 Å². The molecule has 0 saturated heterocycles. The lowest BCUT2D eigenvalue weighted by Gasteiger charge is -2.23. The number of nitrogens with zero attached hydrogens (tertiary/aromatic N) is 1. The number of amides is 2. The number of para-hydroxylation sites is 1. The molecule has 25 heavy (non-hydrogen) atoms. The van der Waals surface area contributed by atoms with Gasteiger partial charge in [0.05, 0.1) is 7.11 Å². The van der Waals surface area contributed by atoms with Crippen molar-refractivity contribution in [3.8, 4) is 5.75 Å². The van der Waals surface area contributed by atoms with Gasteiger partial charge in [-0.25, -0.2) is 0 Å². The van der Waals surface area contributed by atoms with Gasteiger partial charge in [-0.15, -0.1) is 0 Å². The van der Waals surface area contributed by atoms with E-state index in [1.807, 2.05) is 31.2 Å². The summed E-state index contributed by atoms with van der Waals surface area (Å²) in [6, 6.07) is 14.9. The molecule has 0 fully saturated rings. The van der Waals surface area contributed by atoms with E-state index in [4.69, 9.17) is 4.74 Å². The summed E-state index contributed by atoms with van der Waals surface area (Å²) < 4.78 is 5.09. The second-order valence-corrected chi connectivity index (χ2v) is 5.68. The third-order valence-corrected chi connectivity index (χ3v) is 3.98. The van der Waals surface area contributed by atoms with Crippen LogP contribution in [0, 0.1) is 0 Å². The standard InChI is InChI=1S/C20H24N2O3/c1-4-16-7-5-6-8-19(16)22(15(2)23)14-13-20(24)21-17-9-11-18(25-3)12-10-17/h5-12H,4,13-14H2,1-3H3,(H,21,24). The molecule has 2 amide bonds. The molecule has 2 aromatic rings. The van der Waals surface area contributed by atoms with E-state index in [0.29, 0.717) is 12.2 Å². The lowest BCUT2D eigenvalue weighted by atomic mass is 10.1. The molecule has 5 nitrogen and oxygen atoms in total. The molecule has 0 aliphatic rings. The highest BCUT2D eigenvalue weighted by molar-refractivity contribution is 5.95. The van der Waals surface area contributed by atoms with E-state index in [9.17, 15) is 9.59 Å². The fraction of sp³-hybridized carbons (Fsp3) is 0.300. The number of rotatable bonds is 7. The van der Waals surface area contributed by atoms with Crippen molar-refractivity contribution >= 4 is 23.2 Å². The SMILES string of the molecule is CCc1ccccc1N(CCC(=O)Nc1ccc(OC)cc1)C(C)=O. The van der Waals surface area contributed by atoms with Crippen LogP contribution in [0.3, 0.4) is 0 Å². The Morgan fingerprint density at radius 2 is 1.76 bits per heavy atom. The third-order valence-electron chi connectivity index (χ3n) is 3.98. The minimum atomic E-state index is -0.134. The molecule has 0 heterocycles. The molecule has 5 heteroatoms. The molecule has 0 aromatic heterocycles. The molecule has 2 aromatic carbocycles. The fourth-order valence-electron chi connectivity index (χ4n) is 2.63. The Kier molecular flexibility index (Phi) is 6.57. The van der Waals surface area contributed by atoms with Crippen LogP contribution in [-0.4, -0.2) is 25.5 Å². The number of benzene rings is 2. The molecular weight excluding hydrogens is 316 g/mol. The number of anilines is 2. The Morgan fingerprint density at radius 1 is 1.08 bits per heavy atom. The largest absolute Gasteiger partial charge is 0.497 e. The summed E-state index contributed by atoms with van der Waals surface area (Å²) >= 11 is 0. The molecule has 0 aliphatic heterocycles. The van der Waals surface area contributed by atoms with Crippen molar-refractivity contribution in [2.24, 2.45) is 0 Å². The van der Waals surface area contributed by atoms with Crippen molar-refractivity contribution in [1.82, 2.24) is 0 Å². The lowest BCUT2D eigenvalue weighted by Crippen LogP contribution is -2.32. The van der Waals surface area contributed by atoms with Crippen molar-refractivity contribution in [2.75, 3.05) is 23.9 Å². The maximum atomic E-state index is 12.2. The zero-order valence-corrected chi connectivity index (χ0v) is 14.9. The van der Waals surface area contributed by atoms with Crippen LogP contribution < -0.4 is 15.0 Å². The Morgan fingerprint density at radius 3 is 2.36 bits per heavy atom. The number of carbonyl (C=O) groups is 2. The van der Waals surface area contributed by atoms with Crippen LogP contribution in [-0.2, 0) is 16.0 Å². The van der Waals surface area contributed by atoms with Gasteiger partial charge in [0.1, 0.15) is 5.75 Å². The Balaban J connectivity index is 2.00. The Bertz CT molecular complexity index is 726. The molecular formula is C20H24N2O3. The van der Waals surface area contributed by atoms with E-state index in [0.717, 1.165) is 23.4 Å². The van der Waals surface area contributed by atoms with Crippen LogP contribution in [0.5, 0.6) is 5.75 Å². The van der Waals surface area contributed by atoms with E-state index >= 15 is 0 Å². The Hall–Kier alpha value is -2.82. The van der Waals surface area contributed by atoms with Gasteiger partial charge in [-0.05, 0) is 42.3 Å². The summed E-state index contributed by atoms with van der Waals surface area (Å²) in [6.45, 7) is 3.91. The van der Waals surface area contributed by atoms with Gasteiger partial charge in [0.2, 0.25) is 11.8 Å². The first-order chi connectivity index (χ1) is 12.0. The van der Waals surface area contributed by atoms with Gasteiger partial charge < -0.3 is 15.0 Å². The number of hydrogen-bond acceptors (Lipinski definition) is 3. The number of nitrogens with one attached hydrogen (secondary N) is 1. The maximum absolute atomic E-state index is 12.2. The predicted molar refractivity (Wildman–Crippen MR) is 100 cm³/mol. The van der Waals surface area contributed by atoms with Crippen LogP contribution in [0.25, 0.3) is 0 Å². The summed E-state index contributed by atoms with van der Waals surface area (Å²) in [6.07, 6.45) is 1.06. The number of methoxy groups -OCH3 is 1. The second-order valence-electron chi connectivity index (χ2n) is 5.68. The number of aryl methyl sites for hydroxylation is 1. The number of carbonyl (C=O) groups excluding carboxylic acids is 2. The predicted octanol–water partition coefficient (Wildman–Crippen LogP) is 3.64. The van der Waals surface area contributed by atoms with Crippen molar-refractivity contribution in [1.29, 1.82) is 0 Å². The Labute approximate surface area is 148 Å². The van der Waals surface area contributed by atoms with E-state index in [1.165, 1.54) is 6.92 Å². The number of hydrogen-bond donors (Lipinski definition) is 1. The minimum absolute atomic E-state index is 0.0712. The van der Waals surface area contributed by atoms with E-state index in [-0.39, 0.29) is 18.2 Å². The fourth-order valence-corrected chi connectivity index (χ4v) is 2.63. The first-order valence-corrected chi connectivity index (χ1v) is 8.35. The van der Waals surface area contributed by atoms with Gasteiger partial charge in [-0.3, -0.25) is 9.59 Å². The maximum Gasteiger partial charge on any atom is 0.226 e. The van der Waals surface area contributed by atoms with Gasteiger partial charge in [0, 0.05) is 31.3 Å². The first kappa shape index (κ1) is 18.5. The molecule has 0 spiro atoms. The van der Waals surface area contributed by atoms with Crippen LogP contribution in [0.2, 0.25) is 0 Å². The van der Waals surface area contributed by atoms with Crippen molar-refractivity contribution in [2.45, 2.75) is 26.7 Å². The highest BCUT2D eigenvalue weighted by atomic mass is 16.5. The molecule has 0 unspecified atom stereocenters. The van der Waals surface area contributed by atoms with Gasteiger partial charge in [0.15, 0.2) is 0 Å². The van der Waals surface area contributed by atoms with Gasteiger partial charge in [-0.2, -0.15) is 0 Å². The molecule has 132 valence electrons. The van der Waals surface area contributed by atoms with Gasteiger partial charge in [-0.1, -0.05) is 25.1 Å². The van der Waals surface area contributed by atoms with Crippen LogP contribution in [0.4, 0.5) is 11.4 Å². The summed E-state index contributed by atoms with van der Waals surface area (Å²) in [4.78, 5) is 25.9. The minimum Gasteiger partial charge on any atom is -0.497 e. The molecule has 0 radical (unpaired) electrons. The molecule has 0 saturated carbocycles. The average Bonchev–Trinajstić information content (AvgIpc) is 2.62. The van der Waals surface area contributed by atoms with Gasteiger partial charge in [0.25, 0.3) is 0 Å². The molecule has 2 rings (SSSR count). The molecule has 0 aliphatic carbocycles. The third kappa shape index (κ3) is 5.08. The monoisotopic (exact) mass is 340 g/mol. The average molecular weight is 340 g/mol. The number of ether oxygens (including phenoxy) is 1. The van der Waals surface area contributed by atoms with Crippen LogP contribution in [0.15, 0.2) is 48.5 Å². The molecule has 1 N–H and O–H groups in total. The smallest absolute Gasteiger partial charge is 0.226 e. The van der Waals surface area contributed by atoms with Crippen molar-refractivity contribution in [3.63, 3.8) is 0 Å². The van der Waals surface area contributed by atoms with Crippen LogP contribution in [0.1, 0.15) is 25.8 Å². The first-order valence-electron chi connectivity index (χ1n) is 8.35. The molecule has 0 bridgehead atoms. The summed E-state index contributed by atoms with van der Waals surface area (Å²) in [5.41, 5.74) is 2.66. The van der Waals surface area contributed by atoms with Crippen molar-refractivity contribution < 1.29 is 14.3 Å². The zero-order valence-electron chi connectivity index (χ0n) is 14.9. The van der Waals surface area contributed by atoms with Gasteiger partial charge >= 0.3 is 0 Å². The summed E-state index contributed by atoms with van der Waals surface area (Å²) in [5.74, 6) is 0.528. The lowest BCUT2D eigenvalue weighted by molar-refractivity contribution is -0.117. The summed E-state index contributed by atoms with van der Waals surface area (Å²) in [7, 11) is 1.60. The van der Waals surface area contributed by atoms with Crippen LogP contribution >= 0.6 is 0 Å². The zero-order chi connectivity index (χ0) is 18.2. The van der Waals surface area contributed by atoms with E-state index in [2.05, 4.69) is 5.32 Å². The quantitative estimate of drug-likeness (QED) is 0.837. The van der Waals surface area contributed by atoms with E-state index < -0.39 is 0 Å². The molecule has 0 atom stereocenters. The normalized spacial score (nSPS) is 10.2. The summed E-state index contributed by atoms with van der Waals surface area (Å²) in [5, 5.41) is 2.84.